The molecule has 0 saturated carbocycles. The molecule has 5 heteroatoms. The predicted octanol–water partition coefficient (Wildman–Crippen LogP) is 1.32. The minimum Gasteiger partial charge on any atom is -0.478 e. The van der Waals surface area contributed by atoms with E-state index in [1.165, 1.54) is 18.2 Å². The lowest BCUT2D eigenvalue weighted by atomic mass is 10.1. The Morgan fingerprint density at radius 1 is 1.21 bits per heavy atom. The van der Waals surface area contributed by atoms with Crippen LogP contribution in [-0.2, 0) is 0 Å². The van der Waals surface area contributed by atoms with Crippen LogP contribution in [0.15, 0.2) is 22.7 Å². The monoisotopic (exact) mass is 258 g/mol. The van der Waals surface area contributed by atoms with Crippen LogP contribution in [0.25, 0.3) is 0 Å². The molecule has 0 amide bonds. The molecule has 0 unspecified atom stereocenters. The first kappa shape index (κ1) is 10.9. The highest BCUT2D eigenvalue weighted by molar-refractivity contribution is 9.10. The Morgan fingerprint density at radius 3 is 2.29 bits per heavy atom. The smallest absolute Gasteiger partial charge is 0.335 e. The zero-order chi connectivity index (χ0) is 10.7. The van der Waals surface area contributed by atoms with Gasteiger partial charge in [-0.1, -0.05) is 15.9 Å². The van der Waals surface area contributed by atoms with Crippen molar-refractivity contribution in [1.29, 1.82) is 0 Å². The van der Waals surface area contributed by atoms with Gasteiger partial charge < -0.3 is 10.2 Å². The van der Waals surface area contributed by atoms with Crippen LogP contribution in [0.3, 0.4) is 0 Å². The maximum Gasteiger partial charge on any atom is 0.335 e. The van der Waals surface area contributed by atoms with Gasteiger partial charge in [-0.05, 0) is 18.2 Å². The molecule has 0 radical (unpaired) electrons. The van der Waals surface area contributed by atoms with Gasteiger partial charge in [-0.2, -0.15) is 0 Å². The number of aromatic carboxylic acids is 1. The molecule has 0 aromatic heterocycles. The number of benzene rings is 1. The summed E-state index contributed by atoms with van der Waals surface area (Å²) in [7, 11) is 0. The third-order valence-corrected chi connectivity index (χ3v) is 2.07. The summed E-state index contributed by atoms with van der Waals surface area (Å²) in [4.78, 5) is 21.7. The average Bonchev–Trinajstić information content (AvgIpc) is 2.15. The summed E-state index contributed by atoms with van der Waals surface area (Å²) in [5.74, 6) is -1.62. The summed E-state index contributed by atoms with van der Waals surface area (Å²) in [6.07, 6.45) is 0. The first-order chi connectivity index (χ1) is 6.54. The lowest BCUT2D eigenvalue weighted by molar-refractivity contribution is 0.0697. The molecule has 74 valence electrons. The number of hydrogen-bond donors (Lipinski definition) is 2. The molecule has 1 aromatic rings. The summed E-state index contributed by atoms with van der Waals surface area (Å²) in [6.45, 7) is -0.629. The highest BCUT2D eigenvalue weighted by Crippen LogP contribution is 2.16. The van der Waals surface area contributed by atoms with E-state index in [1.54, 1.807) is 0 Å². The van der Waals surface area contributed by atoms with E-state index in [0.717, 1.165) is 0 Å². The van der Waals surface area contributed by atoms with Crippen LogP contribution in [0.1, 0.15) is 20.7 Å². The van der Waals surface area contributed by atoms with Gasteiger partial charge in [0.15, 0.2) is 5.78 Å². The molecule has 0 aliphatic rings. The number of carbonyl (C=O) groups excluding carboxylic acids is 1. The van der Waals surface area contributed by atoms with Crippen LogP contribution in [0, 0.1) is 0 Å². The number of hydrogen-bond acceptors (Lipinski definition) is 3. The van der Waals surface area contributed by atoms with Crippen molar-refractivity contribution >= 4 is 27.7 Å². The normalized spacial score (nSPS) is 9.86. The zero-order valence-corrected chi connectivity index (χ0v) is 8.61. The fourth-order valence-corrected chi connectivity index (χ4v) is 1.46. The van der Waals surface area contributed by atoms with Gasteiger partial charge in [-0.3, -0.25) is 4.79 Å². The predicted molar refractivity (Wildman–Crippen MR) is 52.5 cm³/mol. The average molecular weight is 259 g/mol. The second-order valence-corrected chi connectivity index (χ2v) is 3.53. The molecular weight excluding hydrogens is 252 g/mol. The number of carboxylic acids is 1. The van der Waals surface area contributed by atoms with Gasteiger partial charge in [-0.15, -0.1) is 0 Å². The molecule has 0 bridgehead atoms. The number of aliphatic hydroxyl groups excluding tert-OH is 1. The summed E-state index contributed by atoms with van der Waals surface area (Å²) < 4.78 is 0.495. The van der Waals surface area contributed by atoms with E-state index < -0.39 is 18.4 Å². The molecule has 0 atom stereocenters. The Balaban J connectivity index is 3.20. The molecule has 0 heterocycles. The fourth-order valence-electron chi connectivity index (χ4n) is 0.965. The zero-order valence-electron chi connectivity index (χ0n) is 7.03. The van der Waals surface area contributed by atoms with Gasteiger partial charge in [0.25, 0.3) is 0 Å². The van der Waals surface area contributed by atoms with Crippen LogP contribution in [0.2, 0.25) is 0 Å². The van der Waals surface area contributed by atoms with Crippen LogP contribution < -0.4 is 0 Å². The Labute approximate surface area is 88.3 Å². The lowest BCUT2D eigenvalue weighted by Crippen LogP contribution is -2.06. The summed E-state index contributed by atoms with van der Waals surface area (Å²) >= 11 is 3.08. The third kappa shape index (κ3) is 2.40. The number of aliphatic hydroxyl groups is 1. The van der Waals surface area contributed by atoms with Gasteiger partial charge in [0.1, 0.15) is 6.61 Å². The molecule has 0 aliphatic carbocycles. The number of Topliss-reactive ketones (excluding diaryl/α,β-unsaturated/α-hetero) is 1. The van der Waals surface area contributed by atoms with Crippen molar-refractivity contribution in [2.24, 2.45) is 0 Å². The van der Waals surface area contributed by atoms with Gasteiger partial charge >= 0.3 is 5.97 Å². The van der Waals surface area contributed by atoms with E-state index in [2.05, 4.69) is 15.9 Å². The first-order valence-electron chi connectivity index (χ1n) is 3.72. The summed E-state index contributed by atoms with van der Waals surface area (Å²) in [5.41, 5.74) is 0.190. The van der Waals surface area contributed by atoms with E-state index in [0.29, 0.717) is 4.47 Å². The van der Waals surface area contributed by atoms with E-state index in [4.69, 9.17) is 10.2 Å². The van der Waals surface area contributed by atoms with Gasteiger partial charge in [0.2, 0.25) is 0 Å². The Hall–Kier alpha value is -1.20. The first-order valence-corrected chi connectivity index (χ1v) is 4.52. The van der Waals surface area contributed by atoms with Crippen LogP contribution in [0.4, 0.5) is 0 Å². The van der Waals surface area contributed by atoms with E-state index in [1.807, 2.05) is 0 Å². The SMILES string of the molecule is O=C(O)c1cc(Br)cc(C(=O)CO)c1. The van der Waals surface area contributed by atoms with Crippen molar-refractivity contribution in [3.05, 3.63) is 33.8 Å². The molecule has 14 heavy (non-hydrogen) atoms. The molecule has 0 spiro atoms. The largest absolute Gasteiger partial charge is 0.478 e. The minimum atomic E-state index is -1.11. The maximum absolute atomic E-state index is 11.1. The molecule has 1 rings (SSSR count). The maximum atomic E-state index is 11.1. The van der Waals surface area contributed by atoms with Crippen molar-refractivity contribution in [3.63, 3.8) is 0 Å². The van der Waals surface area contributed by atoms with E-state index in [-0.39, 0.29) is 11.1 Å². The summed E-state index contributed by atoms with van der Waals surface area (Å²) in [5, 5.41) is 17.3. The lowest BCUT2D eigenvalue weighted by Gasteiger charge is -2.01. The Kier molecular flexibility index (Phi) is 3.38. The molecule has 0 aliphatic heterocycles. The van der Waals surface area contributed by atoms with Crippen LogP contribution >= 0.6 is 15.9 Å². The fraction of sp³-hybridized carbons (Fsp3) is 0.111. The molecule has 0 fully saturated rings. The van der Waals surface area contributed by atoms with Crippen molar-refractivity contribution in [2.45, 2.75) is 0 Å². The van der Waals surface area contributed by atoms with Gasteiger partial charge in [0, 0.05) is 10.0 Å². The quantitative estimate of drug-likeness (QED) is 0.803. The van der Waals surface area contributed by atoms with Crippen molar-refractivity contribution < 1.29 is 19.8 Å². The Morgan fingerprint density at radius 2 is 1.79 bits per heavy atom. The number of carbonyl (C=O) groups is 2. The van der Waals surface area contributed by atoms with Crippen molar-refractivity contribution in [1.82, 2.24) is 0 Å². The number of ketones is 1. The molecule has 4 nitrogen and oxygen atoms in total. The highest BCUT2D eigenvalue weighted by atomic mass is 79.9. The topological polar surface area (TPSA) is 74.6 Å². The van der Waals surface area contributed by atoms with E-state index in [9.17, 15) is 9.59 Å². The van der Waals surface area contributed by atoms with Crippen molar-refractivity contribution in [2.75, 3.05) is 6.61 Å². The van der Waals surface area contributed by atoms with Crippen LogP contribution in [-0.4, -0.2) is 28.6 Å². The molecule has 1 aromatic carbocycles. The molecular formula is C9H7BrO4. The van der Waals surface area contributed by atoms with Crippen molar-refractivity contribution in [3.8, 4) is 0 Å². The second kappa shape index (κ2) is 4.34. The molecule has 2 N–H and O–H groups in total. The minimum absolute atomic E-state index is 0.0103. The molecule has 0 saturated heterocycles. The number of halogens is 1. The Bertz CT molecular complexity index is 386. The third-order valence-electron chi connectivity index (χ3n) is 1.61. The number of rotatable bonds is 3. The second-order valence-electron chi connectivity index (χ2n) is 2.62. The summed E-state index contributed by atoms with van der Waals surface area (Å²) in [6, 6.07) is 4.08. The van der Waals surface area contributed by atoms with E-state index >= 15 is 0 Å². The standard InChI is InChI=1S/C9H7BrO4/c10-7-2-5(8(12)4-11)1-6(3-7)9(13)14/h1-3,11H,4H2,(H,13,14). The highest BCUT2D eigenvalue weighted by Gasteiger charge is 2.10. The number of carboxylic acid groups (broad SMARTS) is 1. The van der Waals surface area contributed by atoms with Crippen LogP contribution in [0.5, 0.6) is 0 Å². The van der Waals surface area contributed by atoms with Gasteiger partial charge in [-0.25, -0.2) is 4.79 Å². The van der Waals surface area contributed by atoms with Gasteiger partial charge in [0.05, 0.1) is 5.56 Å².